The molecule has 128 valence electrons. The number of H-pyrrole nitrogens is 1. The number of hydrogen-bond acceptors (Lipinski definition) is 3. The molecule has 2 aromatic carbocycles. The highest BCUT2D eigenvalue weighted by Crippen LogP contribution is 2.14. The zero-order valence-electron chi connectivity index (χ0n) is 13.6. The number of halogens is 1. The summed E-state index contributed by atoms with van der Waals surface area (Å²) in [5, 5.41) is 3.65. The molecular weight excluding hydrogens is 323 g/mol. The van der Waals surface area contributed by atoms with Crippen LogP contribution in [0.25, 0.3) is 10.9 Å². The Balaban J connectivity index is 1.59. The van der Waals surface area contributed by atoms with Gasteiger partial charge in [0, 0.05) is 23.7 Å². The summed E-state index contributed by atoms with van der Waals surface area (Å²) in [5.41, 5.74) is 2.18. The van der Waals surface area contributed by atoms with Crippen LogP contribution in [0.3, 0.4) is 0 Å². The highest BCUT2D eigenvalue weighted by atomic mass is 19.1. The normalized spacial score (nSPS) is 10.6. The predicted octanol–water partition coefficient (Wildman–Crippen LogP) is 2.67. The summed E-state index contributed by atoms with van der Waals surface area (Å²) in [5.74, 6) is -0.412. The molecule has 0 atom stereocenters. The van der Waals surface area contributed by atoms with E-state index in [0.717, 1.165) is 16.5 Å². The average Bonchev–Trinajstić information content (AvgIpc) is 2.59. The van der Waals surface area contributed by atoms with Crippen LogP contribution in [0, 0.1) is 12.7 Å². The molecule has 25 heavy (non-hydrogen) atoms. The van der Waals surface area contributed by atoms with Crippen molar-refractivity contribution < 1.29 is 13.9 Å². The summed E-state index contributed by atoms with van der Waals surface area (Å²) in [4.78, 5) is 26.3. The Labute approximate surface area is 143 Å². The highest BCUT2D eigenvalue weighted by molar-refractivity contribution is 5.80. The van der Waals surface area contributed by atoms with Crippen molar-refractivity contribution in [2.45, 2.75) is 13.5 Å². The number of fused-ring (bicyclic) bond motifs is 1. The van der Waals surface area contributed by atoms with Crippen LogP contribution >= 0.6 is 0 Å². The first-order valence-electron chi connectivity index (χ1n) is 7.79. The largest absolute Gasteiger partial charge is 0.484 e. The lowest BCUT2D eigenvalue weighted by Gasteiger charge is -2.08. The van der Waals surface area contributed by atoms with E-state index in [1.807, 2.05) is 18.2 Å². The predicted molar refractivity (Wildman–Crippen MR) is 93.0 cm³/mol. The Morgan fingerprint density at radius 3 is 2.84 bits per heavy atom. The number of rotatable bonds is 5. The fraction of sp³-hybridized carbons (Fsp3) is 0.158. The van der Waals surface area contributed by atoms with E-state index in [9.17, 15) is 14.0 Å². The van der Waals surface area contributed by atoms with E-state index in [2.05, 4.69) is 10.3 Å². The van der Waals surface area contributed by atoms with Crippen LogP contribution in [-0.2, 0) is 11.3 Å². The number of aryl methyl sites for hydroxylation is 1. The molecular formula is C19H17FN2O3. The van der Waals surface area contributed by atoms with E-state index in [1.165, 1.54) is 18.2 Å². The molecule has 0 spiro atoms. The van der Waals surface area contributed by atoms with Gasteiger partial charge in [-0.25, -0.2) is 4.39 Å². The lowest BCUT2D eigenvalue weighted by atomic mass is 10.1. The molecule has 0 unspecified atom stereocenters. The Morgan fingerprint density at radius 1 is 1.20 bits per heavy atom. The molecule has 0 saturated carbocycles. The SMILES string of the molecule is Cc1cc2cc(CNC(=O)COc3cccc(F)c3)ccc2[nH]c1=O. The van der Waals surface area contributed by atoms with Gasteiger partial charge in [0.05, 0.1) is 0 Å². The average molecular weight is 340 g/mol. The molecule has 3 aromatic rings. The van der Waals surface area contributed by atoms with Gasteiger partial charge in [0.15, 0.2) is 6.61 Å². The Hall–Kier alpha value is -3.15. The number of benzene rings is 2. The molecule has 1 aromatic heterocycles. The molecule has 0 aliphatic rings. The van der Waals surface area contributed by atoms with E-state index in [4.69, 9.17) is 4.74 Å². The van der Waals surface area contributed by atoms with Crippen LogP contribution in [0.5, 0.6) is 5.75 Å². The van der Waals surface area contributed by atoms with E-state index >= 15 is 0 Å². The maximum absolute atomic E-state index is 13.0. The minimum Gasteiger partial charge on any atom is -0.484 e. The lowest BCUT2D eigenvalue weighted by molar-refractivity contribution is -0.123. The standard InChI is InChI=1S/C19H17FN2O3/c1-12-7-14-8-13(5-6-17(14)22-19(12)24)10-21-18(23)11-25-16-4-2-3-15(20)9-16/h2-9H,10-11H2,1H3,(H,21,23)(H,22,24). The van der Waals surface area contributed by atoms with Gasteiger partial charge < -0.3 is 15.0 Å². The summed E-state index contributed by atoms with van der Waals surface area (Å²) in [6.07, 6.45) is 0. The van der Waals surface area contributed by atoms with Gasteiger partial charge in [-0.05, 0) is 48.2 Å². The zero-order chi connectivity index (χ0) is 17.8. The monoisotopic (exact) mass is 340 g/mol. The Morgan fingerprint density at radius 2 is 2.04 bits per heavy atom. The van der Waals surface area contributed by atoms with Crippen molar-refractivity contribution in [2.24, 2.45) is 0 Å². The molecule has 0 aliphatic carbocycles. The minimum absolute atomic E-state index is 0.108. The molecule has 5 nitrogen and oxygen atoms in total. The summed E-state index contributed by atoms with van der Waals surface area (Å²) in [6, 6.07) is 13.0. The fourth-order valence-corrected chi connectivity index (χ4v) is 2.43. The number of nitrogens with one attached hydrogen (secondary N) is 2. The number of amides is 1. The van der Waals surface area contributed by atoms with Crippen LogP contribution in [0.15, 0.2) is 53.3 Å². The van der Waals surface area contributed by atoms with Crippen molar-refractivity contribution in [3.05, 3.63) is 75.8 Å². The van der Waals surface area contributed by atoms with Gasteiger partial charge in [0.25, 0.3) is 11.5 Å². The van der Waals surface area contributed by atoms with Gasteiger partial charge in [0.1, 0.15) is 11.6 Å². The third-order valence-electron chi connectivity index (χ3n) is 3.75. The fourth-order valence-electron chi connectivity index (χ4n) is 2.43. The first-order valence-corrected chi connectivity index (χ1v) is 7.79. The van der Waals surface area contributed by atoms with E-state index in [-0.39, 0.29) is 18.1 Å². The highest BCUT2D eigenvalue weighted by Gasteiger charge is 2.05. The van der Waals surface area contributed by atoms with Crippen LogP contribution in [0.4, 0.5) is 4.39 Å². The first kappa shape index (κ1) is 16.7. The van der Waals surface area contributed by atoms with Crippen molar-refractivity contribution in [1.29, 1.82) is 0 Å². The summed E-state index contributed by atoms with van der Waals surface area (Å²) < 4.78 is 18.3. The third-order valence-corrected chi connectivity index (χ3v) is 3.75. The molecule has 2 N–H and O–H groups in total. The topological polar surface area (TPSA) is 71.2 Å². The van der Waals surface area contributed by atoms with Gasteiger partial charge >= 0.3 is 0 Å². The number of aromatic nitrogens is 1. The molecule has 0 radical (unpaired) electrons. The van der Waals surface area contributed by atoms with Crippen molar-refractivity contribution in [3.63, 3.8) is 0 Å². The van der Waals surface area contributed by atoms with Crippen molar-refractivity contribution >= 4 is 16.8 Å². The number of carbonyl (C=O) groups excluding carboxylic acids is 1. The van der Waals surface area contributed by atoms with Crippen LogP contribution in [0.2, 0.25) is 0 Å². The van der Waals surface area contributed by atoms with Gasteiger partial charge in [0.2, 0.25) is 0 Å². The summed E-state index contributed by atoms with van der Waals surface area (Å²) >= 11 is 0. The molecule has 1 heterocycles. The molecule has 0 bridgehead atoms. The second-order valence-electron chi connectivity index (χ2n) is 5.73. The van der Waals surface area contributed by atoms with Gasteiger partial charge in [-0.1, -0.05) is 12.1 Å². The molecule has 6 heteroatoms. The van der Waals surface area contributed by atoms with Gasteiger partial charge in [-0.15, -0.1) is 0 Å². The molecule has 1 amide bonds. The number of ether oxygens (including phenoxy) is 1. The summed E-state index contributed by atoms with van der Waals surface area (Å²) in [7, 11) is 0. The van der Waals surface area contributed by atoms with Crippen molar-refractivity contribution in [2.75, 3.05) is 6.61 Å². The number of pyridine rings is 1. The smallest absolute Gasteiger partial charge is 0.258 e. The van der Waals surface area contributed by atoms with Crippen LogP contribution in [0.1, 0.15) is 11.1 Å². The van der Waals surface area contributed by atoms with Crippen molar-refractivity contribution in [3.8, 4) is 5.75 Å². The maximum atomic E-state index is 13.0. The second-order valence-corrected chi connectivity index (χ2v) is 5.73. The van der Waals surface area contributed by atoms with E-state index in [1.54, 1.807) is 19.1 Å². The second kappa shape index (κ2) is 7.17. The lowest BCUT2D eigenvalue weighted by Crippen LogP contribution is -2.28. The quantitative estimate of drug-likeness (QED) is 0.750. The van der Waals surface area contributed by atoms with Gasteiger partial charge in [-0.3, -0.25) is 9.59 Å². The van der Waals surface area contributed by atoms with Crippen molar-refractivity contribution in [1.82, 2.24) is 10.3 Å². The molecule has 3 rings (SSSR count). The minimum atomic E-state index is -0.414. The third kappa shape index (κ3) is 4.23. The number of hydrogen-bond donors (Lipinski definition) is 2. The number of carbonyl (C=O) groups is 1. The Bertz CT molecular complexity index is 982. The molecule has 0 fully saturated rings. The molecule has 0 aliphatic heterocycles. The maximum Gasteiger partial charge on any atom is 0.258 e. The van der Waals surface area contributed by atoms with E-state index in [0.29, 0.717) is 17.9 Å². The van der Waals surface area contributed by atoms with Crippen LogP contribution < -0.4 is 15.6 Å². The summed E-state index contributed by atoms with van der Waals surface area (Å²) in [6.45, 7) is 1.89. The molecule has 0 saturated heterocycles. The Kier molecular flexibility index (Phi) is 4.79. The van der Waals surface area contributed by atoms with Gasteiger partial charge in [-0.2, -0.15) is 0 Å². The van der Waals surface area contributed by atoms with Crippen LogP contribution in [-0.4, -0.2) is 17.5 Å². The first-order chi connectivity index (χ1) is 12.0. The zero-order valence-corrected chi connectivity index (χ0v) is 13.6. The van der Waals surface area contributed by atoms with E-state index < -0.39 is 5.82 Å². The number of aromatic amines is 1.